The fourth-order valence-electron chi connectivity index (χ4n) is 2.58. The van der Waals surface area contributed by atoms with Gasteiger partial charge in [-0.05, 0) is 25.6 Å². The molecule has 0 unspecified atom stereocenters. The molecule has 1 rings (SSSR count). The number of hydrogen-bond acceptors (Lipinski definition) is 1. The van der Waals surface area contributed by atoms with Gasteiger partial charge in [-0.25, -0.2) is 0 Å². The predicted molar refractivity (Wildman–Crippen MR) is 102 cm³/mol. The molecule has 20 heavy (non-hydrogen) atoms. The Hall–Kier alpha value is 0.01000. The molecule has 2 heteroatoms. The molecule has 0 fully saturated rings. The molecule has 1 nitrogen and oxygen atoms in total. The molecule has 0 saturated heterocycles. The van der Waals surface area contributed by atoms with Gasteiger partial charge < -0.3 is 4.90 Å². The van der Waals surface area contributed by atoms with E-state index in [-0.39, 0.29) is 24.0 Å². The summed E-state index contributed by atoms with van der Waals surface area (Å²) >= 11 is 0. The average Bonchev–Trinajstić information content (AvgIpc) is 2.43. The Kier molecular flexibility index (Phi) is 14.0. The van der Waals surface area contributed by atoms with Gasteiger partial charge in [-0.3, -0.25) is 0 Å². The third-order valence-corrected chi connectivity index (χ3v) is 3.99. The topological polar surface area (TPSA) is 3.24 Å². The van der Waals surface area contributed by atoms with Crippen LogP contribution in [-0.2, 0) is 0 Å². The van der Waals surface area contributed by atoms with E-state index < -0.39 is 0 Å². The minimum Gasteiger partial charge on any atom is -0.374 e. The normalized spacial score (nSPS) is 14.1. The average molecular weight is 391 g/mol. The third-order valence-electron chi connectivity index (χ3n) is 3.99. The molecule has 0 spiro atoms. The van der Waals surface area contributed by atoms with E-state index in [1.807, 2.05) is 0 Å². The Bertz CT molecular complexity index is 271. The summed E-state index contributed by atoms with van der Waals surface area (Å²) in [7, 11) is 0. The lowest BCUT2D eigenvalue weighted by Gasteiger charge is -2.21. The lowest BCUT2D eigenvalue weighted by Crippen LogP contribution is -2.20. The fourth-order valence-corrected chi connectivity index (χ4v) is 2.58. The van der Waals surface area contributed by atoms with Crippen molar-refractivity contribution in [3.05, 3.63) is 23.9 Å². The van der Waals surface area contributed by atoms with Crippen LogP contribution in [0.1, 0.15) is 78.1 Å². The monoisotopic (exact) mass is 391 g/mol. The Morgan fingerprint density at radius 2 is 1.45 bits per heavy atom. The molecule has 1 aliphatic heterocycles. The molecule has 0 radical (unpaired) electrons. The molecule has 0 aliphatic carbocycles. The molecule has 0 amide bonds. The summed E-state index contributed by atoms with van der Waals surface area (Å²) in [5, 5.41) is 0. The molecule has 118 valence electrons. The van der Waals surface area contributed by atoms with Gasteiger partial charge in [0, 0.05) is 13.1 Å². The quantitative estimate of drug-likeness (QED) is 0.295. The molecule has 0 atom stereocenters. The van der Waals surface area contributed by atoms with Gasteiger partial charge in [0.2, 0.25) is 0 Å². The van der Waals surface area contributed by atoms with Crippen molar-refractivity contribution in [3.8, 4) is 0 Å². The zero-order valence-electron chi connectivity index (χ0n) is 13.6. The van der Waals surface area contributed by atoms with Crippen LogP contribution in [0.2, 0.25) is 0 Å². The molecule has 0 aromatic rings. The first-order chi connectivity index (χ1) is 9.33. The lowest BCUT2D eigenvalue weighted by atomic mass is 10.1. The Labute approximate surface area is 143 Å². The van der Waals surface area contributed by atoms with Crippen LogP contribution in [0, 0.1) is 0 Å². The number of unbranched alkanes of at least 4 members (excludes halogenated alkanes) is 9. The maximum Gasteiger partial charge on any atom is 0.0359 e. The molecule has 0 bridgehead atoms. The van der Waals surface area contributed by atoms with Crippen molar-refractivity contribution in [1.82, 2.24) is 4.90 Å². The van der Waals surface area contributed by atoms with Gasteiger partial charge in [0.1, 0.15) is 0 Å². The van der Waals surface area contributed by atoms with Crippen molar-refractivity contribution >= 4 is 24.0 Å². The van der Waals surface area contributed by atoms with E-state index >= 15 is 0 Å². The number of hydrogen-bond donors (Lipinski definition) is 0. The Morgan fingerprint density at radius 3 is 1.95 bits per heavy atom. The van der Waals surface area contributed by atoms with E-state index in [1.54, 1.807) is 0 Å². The van der Waals surface area contributed by atoms with Crippen molar-refractivity contribution < 1.29 is 0 Å². The van der Waals surface area contributed by atoms with Crippen molar-refractivity contribution in [3.63, 3.8) is 0 Å². The first-order valence-electron chi connectivity index (χ1n) is 8.42. The molecular formula is C18H34IN. The van der Waals surface area contributed by atoms with Crippen molar-refractivity contribution in [2.45, 2.75) is 78.1 Å². The molecule has 0 aromatic heterocycles. The van der Waals surface area contributed by atoms with Crippen LogP contribution in [-0.4, -0.2) is 18.0 Å². The van der Waals surface area contributed by atoms with Crippen LogP contribution in [0.5, 0.6) is 0 Å². The smallest absolute Gasteiger partial charge is 0.0359 e. The summed E-state index contributed by atoms with van der Waals surface area (Å²) in [6, 6.07) is 0. The molecule has 0 saturated carbocycles. The standard InChI is InChI=1S/C18H33N.HI/c1-3-4-5-6-7-8-9-10-11-12-15-19-16-13-18(2)14-17-19;/h13-14,16H,3-12,15,17H2,1-2H3;1H. The van der Waals surface area contributed by atoms with E-state index in [2.05, 4.69) is 37.1 Å². The van der Waals surface area contributed by atoms with Crippen molar-refractivity contribution in [1.29, 1.82) is 0 Å². The summed E-state index contributed by atoms with van der Waals surface area (Å²) in [5.41, 5.74) is 1.40. The van der Waals surface area contributed by atoms with E-state index in [0.29, 0.717) is 0 Å². The van der Waals surface area contributed by atoms with E-state index in [1.165, 1.54) is 76.3 Å². The zero-order valence-corrected chi connectivity index (χ0v) is 15.9. The highest BCUT2D eigenvalue weighted by Crippen LogP contribution is 2.12. The van der Waals surface area contributed by atoms with Crippen LogP contribution in [0.4, 0.5) is 0 Å². The molecule has 1 aliphatic rings. The maximum atomic E-state index is 2.43. The van der Waals surface area contributed by atoms with Gasteiger partial charge in [-0.1, -0.05) is 76.4 Å². The molecule has 0 aromatic carbocycles. The van der Waals surface area contributed by atoms with Crippen LogP contribution < -0.4 is 0 Å². The number of allylic oxidation sites excluding steroid dienone is 2. The van der Waals surface area contributed by atoms with E-state index in [0.717, 1.165) is 6.54 Å². The summed E-state index contributed by atoms with van der Waals surface area (Å²) < 4.78 is 0. The van der Waals surface area contributed by atoms with Crippen LogP contribution >= 0.6 is 24.0 Å². The summed E-state index contributed by atoms with van der Waals surface area (Å²) in [6.45, 7) is 6.81. The highest BCUT2D eigenvalue weighted by Gasteiger charge is 2.01. The first kappa shape index (κ1) is 20.0. The minimum absolute atomic E-state index is 0. The van der Waals surface area contributed by atoms with Gasteiger partial charge in [0.05, 0.1) is 0 Å². The molecular weight excluding hydrogens is 357 g/mol. The Morgan fingerprint density at radius 1 is 0.900 bits per heavy atom. The molecule has 0 N–H and O–H groups in total. The van der Waals surface area contributed by atoms with Crippen LogP contribution in [0.15, 0.2) is 23.9 Å². The molecule has 1 heterocycles. The number of halogens is 1. The predicted octanol–water partition coefficient (Wildman–Crippen LogP) is 6.30. The van der Waals surface area contributed by atoms with Gasteiger partial charge in [0.25, 0.3) is 0 Å². The second kappa shape index (κ2) is 14.0. The van der Waals surface area contributed by atoms with Crippen molar-refractivity contribution in [2.75, 3.05) is 13.1 Å². The van der Waals surface area contributed by atoms with Gasteiger partial charge in [0.15, 0.2) is 0 Å². The first-order valence-corrected chi connectivity index (χ1v) is 8.42. The highest BCUT2D eigenvalue weighted by molar-refractivity contribution is 14.0. The summed E-state index contributed by atoms with van der Waals surface area (Å²) in [6.07, 6.45) is 21.0. The summed E-state index contributed by atoms with van der Waals surface area (Å²) in [4.78, 5) is 2.43. The van der Waals surface area contributed by atoms with Crippen LogP contribution in [0.3, 0.4) is 0 Å². The van der Waals surface area contributed by atoms with Gasteiger partial charge in [-0.2, -0.15) is 0 Å². The number of nitrogens with zero attached hydrogens (tertiary/aromatic N) is 1. The van der Waals surface area contributed by atoms with Gasteiger partial charge >= 0.3 is 0 Å². The maximum absolute atomic E-state index is 2.43. The SMILES string of the molecule is CCCCCCCCCCCCN1C=CC(C)=CC1.I. The van der Waals surface area contributed by atoms with Crippen molar-refractivity contribution in [2.24, 2.45) is 0 Å². The highest BCUT2D eigenvalue weighted by atomic mass is 127. The second-order valence-electron chi connectivity index (χ2n) is 5.94. The fraction of sp³-hybridized carbons (Fsp3) is 0.778. The zero-order chi connectivity index (χ0) is 13.8. The minimum atomic E-state index is 0. The Balaban J connectivity index is 0.00000361. The largest absolute Gasteiger partial charge is 0.374 e. The number of rotatable bonds is 11. The van der Waals surface area contributed by atoms with Crippen LogP contribution in [0.25, 0.3) is 0 Å². The lowest BCUT2D eigenvalue weighted by molar-refractivity contribution is 0.390. The van der Waals surface area contributed by atoms with Gasteiger partial charge in [-0.15, -0.1) is 24.0 Å². The third kappa shape index (κ3) is 10.8. The van der Waals surface area contributed by atoms with E-state index in [9.17, 15) is 0 Å². The summed E-state index contributed by atoms with van der Waals surface area (Å²) in [5.74, 6) is 0. The second-order valence-corrected chi connectivity index (χ2v) is 5.94. The van der Waals surface area contributed by atoms with E-state index in [4.69, 9.17) is 0 Å².